The molecule has 84 valence electrons. The molecular weight excluding hydrogens is 188 g/mol. The number of rotatable bonds is 5. The average Bonchev–Trinajstić information content (AvgIpc) is 2.20. The van der Waals surface area contributed by atoms with Gasteiger partial charge in [0.05, 0.1) is 19.8 Å². The molecule has 0 atom stereocenters. The standard InChI is InChI=1S/C13H20O2/c1-10(2)12-6-4-5-11(3)13(12)9-15-8-7-14/h4-6,10,14H,7-9H2,1-3H3. The van der Waals surface area contributed by atoms with Crippen molar-refractivity contribution in [3.8, 4) is 0 Å². The van der Waals surface area contributed by atoms with Crippen molar-refractivity contribution >= 4 is 0 Å². The second-order valence-corrected chi connectivity index (χ2v) is 4.07. The van der Waals surface area contributed by atoms with Crippen molar-refractivity contribution in [2.45, 2.75) is 33.3 Å². The van der Waals surface area contributed by atoms with Gasteiger partial charge in [0.15, 0.2) is 0 Å². The molecule has 0 saturated carbocycles. The minimum atomic E-state index is 0.0862. The van der Waals surface area contributed by atoms with Crippen LogP contribution >= 0.6 is 0 Å². The van der Waals surface area contributed by atoms with E-state index in [0.717, 1.165) is 0 Å². The van der Waals surface area contributed by atoms with Gasteiger partial charge in [0.25, 0.3) is 0 Å². The molecular formula is C13H20O2. The quantitative estimate of drug-likeness (QED) is 0.754. The third kappa shape index (κ3) is 3.33. The van der Waals surface area contributed by atoms with Crippen LogP contribution in [-0.2, 0) is 11.3 Å². The summed E-state index contributed by atoms with van der Waals surface area (Å²) in [5.74, 6) is 0.512. The summed E-state index contributed by atoms with van der Waals surface area (Å²) < 4.78 is 5.39. The first-order valence-corrected chi connectivity index (χ1v) is 5.43. The lowest BCUT2D eigenvalue weighted by molar-refractivity contribution is 0.0808. The van der Waals surface area contributed by atoms with Crippen molar-refractivity contribution in [1.82, 2.24) is 0 Å². The molecule has 0 aliphatic rings. The molecule has 1 aromatic carbocycles. The van der Waals surface area contributed by atoms with Gasteiger partial charge in [-0.05, 0) is 29.5 Å². The molecule has 2 nitrogen and oxygen atoms in total. The first-order chi connectivity index (χ1) is 7.16. The molecule has 0 fully saturated rings. The van der Waals surface area contributed by atoms with Crippen LogP contribution in [0.15, 0.2) is 18.2 Å². The fourth-order valence-corrected chi connectivity index (χ4v) is 1.70. The topological polar surface area (TPSA) is 29.5 Å². The minimum Gasteiger partial charge on any atom is -0.394 e. The van der Waals surface area contributed by atoms with Gasteiger partial charge in [-0.3, -0.25) is 0 Å². The van der Waals surface area contributed by atoms with Gasteiger partial charge in [-0.2, -0.15) is 0 Å². The van der Waals surface area contributed by atoms with Crippen LogP contribution in [0.5, 0.6) is 0 Å². The number of ether oxygens (including phenoxy) is 1. The second-order valence-electron chi connectivity index (χ2n) is 4.07. The Kier molecular flexibility index (Phi) is 4.79. The first kappa shape index (κ1) is 12.2. The predicted molar refractivity (Wildman–Crippen MR) is 62.0 cm³/mol. The summed E-state index contributed by atoms with van der Waals surface area (Å²) in [6.45, 7) is 7.56. The molecule has 0 radical (unpaired) electrons. The Hall–Kier alpha value is -0.860. The van der Waals surface area contributed by atoms with Crippen molar-refractivity contribution in [1.29, 1.82) is 0 Å². The van der Waals surface area contributed by atoms with Gasteiger partial charge >= 0.3 is 0 Å². The Labute approximate surface area is 91.9 Å². The van der Waals surface area contributed by atoms with Crippen LogP contribution in [0.3, 0.4) is 0 Å². The maximum atomic E-state index is 8.67. The molecule has 0 heterocycles. The van der Waals surface area contributed by atoms with Crippen LogP contribution in [0, 0.1) is 6.92 Å². The van der Waals surface area contributed by atoms with Crippen molar-refractivity contribution in [3.63, 3.8) is 0 Å². The summed E-state index contributed by atoms with van der Waals surface area (Å²) in [6.07, 6.45) is 0. The summed E-state index contributed by atoms with van der Waals surface area (Å²) in [7, 11) is 0. The highest BCUT2D eigenvalue weighted by Gasteiger charge is 2.08. The molecule has 15 heavy (non-hydrogen) atoms. The molecule has 0 aromatic heterocycles. The summed E-state index contributed by atoms with van der Waals surface area (Å²) >= 11 is 0. The van der Waals surface area contributed by atoms with Crippen LogP contribution in [-0.4, -0.2) is 18.3 Å². The van der Waals surface area contributed by atoms with E-state index in [1.54, 1.807) is 0 Å². The number of hydrogen-bond acceptors (Lipinski definition) is 2. The van der Waals surface area contributed by atoms with E-state index in [1.807, 2.05) is 0 Å². The highest BCUT2D eigenvalue weighted by molar-refractivity contribution is 5.35. The molecule has 0 aliphatic carbocycles. The van der Waals surface area contributed by atoms with Gasteiger partial charge in [-0.15, -0.1) is 0 Å². The van der Waals surface area contributed by atoms with Crippen LogP contribution in [0.4, 0.5) is 0 Å². The monoisotopic (exact) mass is 208 g/mol. The van der Waals surface area contributed by atoms with Crippen molar-refractivity contribution in [2.75, 3.05) is 13.2 Å². The molecule has 2 heteroatoms. The van der Waals surface area contributed by atoms with E-state index < -0.39 is 0 Å². The van der Waals surface area contributed by atoms with E-state index >= 15 is 0 Å². The zero-order valence-corrected chi connectivity index (χ0v) is 9.79. The number of hydrogen-bond donors (Lipinski definition) is 1. The van der Waals surface area contributed by atoms with Crippen LogP contribution in [0.1, 0.15) is 36.5 Å². The summed E-state index contributed by atoms with van der Waals surface area (Å²) in [5, 5.41) is 8.67. The van der Waals surface area contributed by atoms with E-state index in [0.29, 0.717) is 19.1 Å². The van der Waals surface area contributed by atoms with E-state index in [9.17, 15) is 0 Å². The zero-order chi connectivity index (χ0) is 11.3. The fourth-order valence-electron chi connectivity index (χ4n) is 1.70. The van der Waals surface area contributed by atoms with E-state index in [-0.39, 0.29) is 6.61 Å². The third-order valence-corrected chi connectivity index (χ3v) is 2.55. The molecule has 1 aromatic rings. The first-order valence-electron chi connectivity index (χ1n) is 5.43. The Morgan fingerprint density at radius 1 is 1.33 bits per heavy atom. The smallest absolute Gasteiger partial charge is 0.0723 e. The highest BCUT2D eigenvalue weighted by atomic mass is 16.5. The normalized spacial score (nSPS) is 11.0. The largest absolute Gasteiger partial charge is 0.394 e. The Morgan fingerprint density at radius 3 is 2.67 bits per heavy atom. The molecule has 1 rings (SSSR count). The maximum absolute atomic E-state index is 8.67. The fraction of sp³-hybridized carbons (Fsp3) is 0.538. The molecule has 0 unspecified atom stereocenters. The Morgan fingerprint density at radius 2 is 2.07 bits per heavy atom. The highest BCUT2D eigenvalue weighted by Crippen LogP contribution is 2.22. The minimum absolute atomic E-state index is 0.0862. The Balaban J connectivity index is 2.82. The lowest BCUT2D eigenvalue weighted by Crippen LogP contribution is -2.04. The summed E-state index contributed by atoms with van der Waals surface area (Å²) in [4.78, 5) is 0. The van der Waals surface area contributed by atoms with Gasteiger partial charge < -0.3 is 9.84 Å². The van der Waals surface area contributed by atoms with Crippen LogP contribution in [0.2, 0.25) is 0 Å². The van der Waals surface area contributed by atoms with E-state index in [1.165, 1.54) is 16.7 Å². The average molecular weight is 208 g/mol. The molecule has 0 aliphatic heterocycles. The molecule has 0 bridgehead atoms. The van der Waals surface area contributed by atoms with Gasteiger partial charge in [-0.1, -0.05) is 32.0 Å². The van der Waals surface area contributed by atoms with Gasteiger partial charge in [0, 0.05) is 0 Å². The van der Waals surface area contributed by atoms with E-state index in [4.69, 9.17) is 9.84 Å². The van der Waals surface area contributed by atoms with Gasteiger partial charge in [-0.25, -0.2) is 0 Å². The predicted octanol–water partition coefficient (Wildman–Crippen LogP) is 2.63. The molecule has 0 saturated heterocycles. The lowest BCUT2D eigenvalue weighted by Gasteiger charge is -2.15. The van der Waals surface area contributed by atoms with Gasteiger partial charge in [0.1, 0.15) is 0 Å². The van der Waals surface area contributed by atoms with Crippen LogP contribution in [0.25, 0.3) is 0 Å². The Bertz CT molecular complexity index is 305. The maximum Gasteiger partial charge on any atom is 0.0723 e. The molecule has 0 amide bonds. The van der Waals surface area contributed by atoms with Crippen molar-refractivity contribution in [2.24, 2.45) is 0 Å². The van der Waals surface area contributed by atoms with E-state index in [2.05, 4.69) is 39.0 Å². The van der Waals surface area contributed by atoms with Crippen molar-refractivity contribution < 1.29 is 9.84 Å². The number of benzene rings is 1. The third-order valence-electron chi connectivity index (χ3n) is 2.55. The number of aliphatic hydroxyl groups excluding tert-OH is 1. The van der Waals surface area contributed by atoms with Crippen molar-refractivity contribution in [3.05, 3.63) is 34.9 Å². The number of aliphatic hydroxyl groups is 1. The summed E-state index contributed by atoms with van der Waals surface area (Å²) in [6, 6.07) is 6.33. The molecule has 1 N–H and O–H groups in total. The zero-order valence-electron chi connectivity index (χ0n) is 9.79. The summed E-state index contributed by atoms with van der Waals surface area (Å²) in [5.41, 5.74) is 3.87. The SMILES string of the molecule is Cc1cccc(C(C)C)c1COCCO. The van der Waals surface area contributed by atoms with Crippen LogP contribution < -0.4 is 0 Å². The molecule has 0 spiro atoms. The lowest BCUT2D eigenvalue weighted by atomic mass is 9.94. The number of aryl methyl sites for hydroxylation is 1. The van der Waals surface area contributed by atoms with Gasteiger partial charge in [0.2, 0.25) is 0 Å². The second kappa shape index (κ2) is 5.89.